The fourth-order valence-corrected chi connectivity index (χ4v) is 3.23. The minimum Gasteiger partial charge on any atom is -0.317 e. The first-order valence-corrected chi connectivity index (χ1v) is 6.99. The van der Waals surface area contributed by atoms with Crippen LogP contribution in [0.4, 0.5) is 10.1 Å². The summed E-state index contributed by atoms with van der Waals surface area (Å²) < 4.78 is 13.4. The summed E-state index contributed by atoms with van der Waals surface area (Å²) in [5, 5.41) is 0. The van der Waals surface area contributed by atoms with Crippen LogP contribution in [0.25, 0.3) is 0 Å². The molecule has 1 amide bonds. The Hall–Kier alpha value is -1.42. The number of anilines is 1. The third-order valence-electron chi connectivity index (χ3n) is 4.36. The lowest BCUT2D eigenvalue weighted by molar-refractivity contribution is -0.124. The number of hydrogen-bond donors (Lipinski definition) is 1. The van der Waals surface area contributed by atoms with Crippen molar-refractivity contribution >= 4 is 11.6 Å². The van der Waals surface area contributed by atoms with Crippen molar-refractivity contribution < 1.29 is 9.18 Å². The molecule has 1 aromatic rings. The van der Waals surface area contributed by atoms with Crippen molar-refractivity contribution in [1.29, 1.82) is 0 Å². The van der Waals surface area contributed by atoms with Crippen molar-refractivity contribution in [3.8, 4) is 0 Å². The summed E-state index contributed by atoms with van der Waals surface area (Å²) in [7, 11) is 0. The average Bonchev–Trinajstić information content (AvgIpc) is 2.81. The highest BCUT2D eigenvalue weighted by Crippen LogP contribution is 2.34. The van der Waals surface area contributed by atoms with E-state index in [1.807, 2.05) is 0 Å². The highest BCUT2D eigenvalue weighted by molar-refractivity contribution is 6.01. The van der Waals surface area contributed by atoms with E-state index in [-0.39, 0.29) is 11.7 Å². The summed E-state index contributed by atoms with van der Waals surface area (Å²) in [5.74, 6) is -0.329. The third kappa shape index (κ3) is 2.14. The number of rotatable bonds is 1. The molecular formula is C15H19FN2O. The lowest BCUT2D eigenvalue weighted by atomic mass is 9.81. The molecule has 19 heavy (non-hydrogen) atoms. The largest absolute Gasteiger partial charge is 0.317 e. The highest BCUT2D eigenvalue weighted by atomic mass is 19.1. The Morgan fingerprint density at radius 3 is 2.74 bits per heavy atom. The molecule has 1 aliphatic carbocycles. The molecule has 2 N–H and O–H groups in total. The molecule has 0 unspecified atom stereocenters. The van der Waals surface area contributed by atoms with Gasteiger partial charge in [0.15, 0.2) is 0 Å². The number of fused-ring (bicyclic) bond motifs is 1. The van der Waals surface area contributed by atoms with Gasteiger partial charge in [0.05, 0.1) is 5.54 Å². The molecule has 1 fully saturated rings. The number of halogens is 1. The van der Waals surface area contributed by atoms with Gasteiger partial charge >= 0.3 is 0 Å². The van der Waals surface area contributed by atoms with Crippen LogP contribution in [0.3, 0.4) is 0 Å². The fourth-order valence-electron chi connectivity index (χ4n) is 3.23. The van der Waals surface area contributed by atoms with Gasteiger partial charge in [-0.3, -0.25) is 4.79 Å². The van der Waals surface area contributed by atoms with E-state index in [0.717, 1.165) is 44.1 Å². The summed E-state index contributed by atoms with van der Waals surface area (Å²) in [5.41, 5.74) is 7.29. The zero-order valence-corrected chi connectivity index (χ0v) is 11.0. The monoisotopic (exact) mass is 262 g/mol. The second-order valence-electron chi connectivity index (χ2n) is 5.70. The van der Waals surface area contributed by atoms with Gasteiger partial charge in [0.25, 0.3) is 0 Å². The van der Waals surface area contributed by atoms with Gasteiger partial charge < -0.3 is 10.6 Å². The summed E-state index contributed by atoms with van der Waals surface area (Å²) in [6.45, 7) is 0.622. The minimum atomic E-state index is -0.744. The van der Waals surface area contributed by atoms with Crippen molar-refractivity contribution in [2.24, 2.45) is 5.73 Å². The predicted molar refractivity (Wildman–Crippen MR) is 72.5 cm³/mol. The lowest BCUT2D eigenvalue weighted by Crippen LogP contribution is -2.56. The van der Waals surface area contributed by atoms with Gasteiger partial charge in [-0.1, -0.05) is 25.3 Å². The van der Waals surface area contributed by atoms with Crippen molar-refractivity contribution in [2.75, 3.05) is 11.4 Å². The zero-order chi connectivity index (χ0) is 13.5. The molecule has 0 aromatic heterocycles. The first-order valence-electron chi connectivity index (χ1n) is 6.99. The summed E-state index contributed by atoms with van der Waals surface area (Å²) in [6, 6.07) is 4.67. The molecule has 0 bridgehead atoms. The Morgan fingerprint density at radius 2 is 2.00 bits per heavy atom. The second-order valence-corrected chi connectivity index (χ2v) is 5.70. The fraction of sp³-hybridized carbons (Fsp3) is 0.533. The first kappa shape index (κ1) is 12.6. The van der Waals surface area contributed by atoms with E-state index < -0.39 is 5.54 Å². The van der Waals surface area contributed by atoms with E-state index in [1.54, 1.807) is 11.0 Å². The molecule has 0 atom stereocenters. The van der Waals surface area contributed by atoms with Crippen LogP contribution in [-0.2, 0) is 11.2 Å². The maximum atomic E-state index is 13.4. The Balaban J connectivity index is 1.88. The molecule has 2 aliphatic rings. The number of hydrogen-bond acceptors (Lipinski definition) is 2. The number of carbonyl (C=O) groups excluding carboxylic acids is 1. The number of amides is 1. The summed E-state index contributed by atoms with van der Waals surface area (Å²) in [6.07, 6.45) is 5.44. The molecular weight excluding hydrogens is 243 g/mol. The maximum absolute atomic E-state index is 13.4. The van der Waals surface area contributed by atoms with Gasteiger partial charge in [-0.15, -0.1) is 0 Å². The van der Waals surface area contributed by atoms with Crippen LogP contribution in [0.1, 0.15) is 37.7 Å². The van der Waals surface area contributed by atoms with Gasteiger partial charge in [-0.05, 0) is 37.0 Å². The zero-order valence-electron chi connectivity index (χ0n) is 11.0. The van der Waals surface area contributed by atoms with Crippen molar-refractivity contribution in [2.45, 2.75) is 44.1 Å². The third-order valence-corrected chi connectivity index (χ3v) is 4.36. The first-order chi connectivity index (χ1) is 9.10. The van der Waals surface area contributed by atoms with Gasteiger partial charge in [0, 0.05) is 12.2 Å². The molecule has 1 saturated carbocycles. The SMILES string of the molecule is NC1(C(=O)N2CCc3ccc(F)cc32)CCCCC1. The van der Waals surface area contributed by atoms with Crippen LogP contribution < -0.4 is 10.6 Å². The van der Waals surface area contributed by atoms with Crippen LogP contribution in [-0.4, -0.2) is 18.0 Å². The van der Waals surface area contributed by atoms with Crippen molar-refractivity contribution in [3.63, 3.8) is 0 Å². The summed E-state index contributed by atoms with van der Waals surface area (Å²) >= 11 is 0. The molecule has 1 aliphatic heterocycles. The minimum absolute atomic E-state index is 0.0310. The predicted octanol–water partition coefficient (Wildman–Crippen LogP) is 2.38. The molecule has 4 heteroatoms. The van der Waals surface area contributed by atoms with E-state index in [9.17, 15) is 9.18 Å². The Morgan fingerprint density at radius 1 is 1.26 bits per heavy atom. The number of carbonyl (C=O) groups is 1. The number of nitrogens with two attached hydrogens (primary N) is 1. The second kappa shape index (κ2) is 4.60. The molecule has 102 valence electrons. The normalized spacial score (nSPS) is 21.3. The van der Waals surface area contributed by atoms with Crippen LogP contribution in [0, 0.1) is 5.82 Å². The highest BCUT2D eigenvalue weighted by Gasteiger charge is 2.40. The molecule has 1 aromatic carbocycles. The Labute approximate surface area is 112 Å². The Bertz CT molecular complexity index is 509. The molecule has 3 nitrogen and oxygen atoms in total. The van der Waals surface area contributed by atoms with Crippen LogP contribution in [0.2, 0.25) is 0 Å². The van der Waals surface area contributed by atoms with Gasteiger partial charge in [-0.2, -0.15) is 0 Å². The quantitative estimate of drug-likeness (QED) is 0.844. The molecule has 0 spiro atoms. The Kier molecular flexibility index (Phi) is 3.05. The van der Waals surface area contributed by atoms with Gasteiger partial charge in [-0.25, -0.2) is 4.39 Å². The smallest absolute Gasteiger partial charge is 0.247 e. The lowest BCUT2D eigenvalue weighted by Gasteiger charge is -2.35. The van der Waals surface area contributed by atoms with E-state index in [2.05, 4.69) is 0 Å². The van der Waals surface area contributed by atoms with Gasteiger partial charge in [0.2, 0.25) is 5.91 Å². The molecule has 1 heterocycles. The number of nitrogens with zero attached hydrogens (tertiary/aromatic N) is 1. The van der Waals surface area contributed by atoms with E-state index in [1.165, 1.54) is 12.1 Å². The van der Waals surface area contributed by atoms with Crippen molar-refractivity contribution in [1.82, 2.24) is 0 Å². The van der Waals surface area contributed by atoms with Crippen LogP contribution in [0.5, 0.6) is 0 Å². The molecule has 0 radical (unpaired) electrons. The van der Waals surface area contributed by atoms with E-state index >= 15 is 0 Å². The van der Waals surface area contributed by atoms with E-state index in [4.69, 9.17) is 5.73 Å². The molecule has 3 rings (SSSR count). The molecule has 0 saturated heterocycles. The number of benzene rings is 1. The average molecular weight is 262 g/mol. The maximum Gasteiger partial charge on any atom is 0.247 e. The topological polar surface area (TPSA) is 46.3 Å². The van der Waals surface area contributed by atoms with Crippen molar-refractivity contribution in [3.05, 3.63) is 29.6 Å². The van der Waals surface area contributed by atoms with Crippen LogP contribution >= 0.6 is 0 Å². The van der Waals surface area contributed by atoms with Gasteiger partial charge in [0.1, 0.15) is 5.82 Å². The summed E-state index contributed by atoms with van der Waals surface area (Å²) in [4.78, 5) is 14.4. The standard InChI is InChI=1S/C15H19FN2O/c16-12-5-4-11-6-9-18(13(11)10-12)14(19)15(17)7-2-1-3-8-15/h4-5,10H,1-3,6-9,17H2. The van der Waals surface area contributed by atoms with Crippen LogP contribution in [0.15, 0.2) is 18.2 Å². The van der Waals surface area contributed by atoms with E-state index in [0.29, 0.717) is 12.2 Å².